The lowest BCUT2D eigenvalue weighted by molar-refractivity contribution is -0.145. The van der Waals surface area contributed by atoms with Crippen LogP contribution in [-0.4, -0.2) is 39.2 Å². The van der Waals surface area contributed by atoms with Crippen molar-refractivity contribution < 1.29 is 29.7 Å². The predicted molar refractivity (Wildman–Crippen MR) is 64.0 cm³/mol. The average molecular weight is 267 g/mol. The summed E-state index contributed by atoms with van der Waals surface area (Å²) in [6, 6.07) is 2.57. The number of aromatic hydroxyl groups is 1. The molecule has 0 heterocycles. The monoisotopic (exact) mass is 267 g/mol. The van der Waals surface area contributed by atoms with Crippen LogP contribution in [0, 0.1) is 6.92 Å². The maximum absolute atomic E-state index is 11.7. The summed E-state index contributed by atoms with van der Waals surface area (Å²) in [7, 11) is 0. The van der Waals surface area contributed by atoms with E-state index in [-0.39, 0.29) is 11.3 Å². The Labute approximate surface area is 108 Å². The summed E-state index contributed by atoms with van der Waals surface area (Å²) in [5.74, 6) is -3.63. The molecular formula is C12H13NO6. The van der Waals surface area contributed by atoms with Gasteiger partial charge in [-0.25, -0.2) is 4.79 Å². The van der Waals surface area contributed by atoms with Gasteiger partial charge in [-0.3, -0.25) is 9.59 Å². The van der Waals surface area contributed by atoms with Gasteiger partial charge in [-0.05, 0) is 24.6 Å². The van der Waals surface area contributed by atoms with E-state index in [1.54, 1.807) is 6.92 Å². The number of benzene rings is 1. The number of phenolic OH excluding ortho intramolecular Hbond substituents is 1. The third-order valence-corrected chi connectivity index (χ3v) is 2.45. The standard InChI is InChI=1S/C12H13NO6/c1-6-2-3-7(4-9(6)14)11(17)13-8(12(18)19)5-10(15)16/h2-4,8,14H,5H2,1H3,(H,13,17)(H,15,16)(H,18,19)/t8-/m0/s1. The van der Waals surface area contributed by atoms with Gasteiger partial charge in [0, 0.05) is 5.56 Å². The molecule has 0 aliphatic heterocycles. The molecule has 1 aromatic rings. The Hall–Kier alpha value is -2.57. The number of nitrogens with one attached hydrogen (secondary N) is 1. The Morgan fingerprint density at radius 1 is 1.26 bits per heavy atom. The molecule has 102 valence electrons. The summed E-state index contributed by atoms with van der Waals surface area (Å²) in [4.78, 5) is 33.0. The van der Waals surface area contributed by atoms with E-state index in [1.807, 2.05) is 0 Å². The minimum atomic E-state index is -1.52. The maximum atomic E-state index is 11.7. The topological polar surface area (TPSA) is 124 Å². The Bertz CT molecular complexity index is 525. The maximum Gasteiger partial charge on any atom is 0.326 e. The van der Waals surface area contributed by atoms with Crippen LogP contribution in [0.5, 0.6) is 5.75 Å². The van der Waals surface area contributed by atoms with Crippen LogP contribution in [0.15, 0.2) is 18.2 Å². The first-order chi connectivity index (χ1) is 8.81. The molecule has 0 bridgehead atoms. The van der Waals surface area contributed by atoms with Crippen molar-refractivity contribution in [1.82, 2.24) is 5.32 Å². The number of amides is 1. The van der Waals surface area contributed by atoms with Crippen molar-refractivity contribution in [2.45, 2.75) is 19.4 Å². The minimum absolute atomic E-state index is 0.0553. The van der Waals surface area contributed by atoms with Crippen molar-refractivity contribution in [2.24, 2.45) is 0 Å². The second-order valence-electron chi connectivity index (χ2n) is 3.96. The van der Waals surface area contributed by atoms with E-state index in [2.05, 4.69) is 5.32 Å². The molecule has 0 saturated carbocycles. The van der Waals surface area contributed by atoms with E-state index in [4.69, 9.17) is 10.2 Å². The predicted octanol–water partition coefficient (Wildman–Crippen LogP) is 0.358. The van der Waals surface area contributed by atoms with E-state index >= 15 is 0 Å². The summed E-state index contributed by atoms with van der Waals surface area (Å²) >= 11 is 0. The van der Waals surface area contributed by atoms with Gasteiger partial charge in [0.05, 0.1) is 6.42 Å². The van der Waals surface area contributed by atoms with Crippen LogP contribution in [-0.2, 0) is 9.59 Å². The van der Waals surface area contributed by atoms with Crippen LogP contribution in [0.1, 0.15) is 22.3 Å². The highest BCUT2D eigenvalue weighted by molar-refractivity contribution is 5.97. The van der Waals surface area contributed by atoms with E-state index in [9.17, 15) is 19.5 Å². The number of aliphatic carboxylic acids is 2. The molecule has 0 aliphatic carbocycles. The smallest absolute Gasteiger partial charge is 0.326 e. The number of carbonyl (C=O) groups is 3. The SMILES string of the molecule is Cc1ccc(C(=O)N[C@@H](CC(=O)O)C(=O)O)cc1O. The van der Waals surface area contributed by atoms with Crippen LogP contribution in [0.25, 0.3) is 0 Å². The molecule has 0 radical (unpaired) electrons. The van der Waals surface area contributed by atoms with Crippen molar-refractivity contribution in [3.63, 3.8) is 0 Å². The molecule has 1 rings (SSSR count). The first kappa shape index (κ1) is 14.5. The van der Waals surface area contributed by atoms with Crippen molar-refractivity contribution in [1.29, 1.82) is 0 Å². The highest BCUT2D eigenvalue weighted by Crippen LogP contribution is 2.17. The summed E-state index contributed by atoms with van der Waals surface area (Å²) < 4.78 is 0. The Morgan fingerprint density at radius 2 is 1.89 bits per heavy atom. The summed E-state index contributed by atoms with van der Waals surface area (Å²) in [5, 5.41) is 28.9. The van der Waals surface area contributed by atoms with Crippen LogP contribution < -0.4 is 5.32 Å². The molecule has 19 heavy (non-hydrogen) atoms. The summed E-state index contributed by atoms with van der Waals surface area (Å²) in [5.41, 5.74) is 0.622. The fraction of sp³-hybridized carbons (Fsp3) is 0.250. The van der Waals surface area contributed by atoms with Crippen LogP contribution in [0.2, 0.25) is 0 Å². The number of rotatable bonds is 5. The van der Waals surface area contributed by atoms with E-state index < -0.39 is 30.3 Å². The fourth-order valence-electron chi connectivity index (χ4n) is 1.37. The molecule has 0 aromatic heterocycles. The van der Waals surface area contributed by atoms with Crippen LogP contribution in [0.4, 0.5) is 0 Å². The van der Waals surface area contributed by atoms with E-state index in [0.717, 1.165) is 0 Å². The third kappa shape index (κ3) is 3.98. The van der Waals surface area contributed by atoms with Gasteiger partial charge in [-0.15, -0.1) is 0 Å². The molecule has 0 aliphatic rings. The van der Waals surface area contributed by atoms with E-state index in [1.165, 1.54) is 18.2 Å². The third-order valence-electron chi connectivity index (χ3n) is 2.45. The van der Waals surface area contributed by atoms with Gasteiger partial charge in [0.15, 0.2) is 0 Å². The molecular weight excluding hydrogens is 254 g/mol. The number of carboxylic acid groups (broad SMARTS) is 2. The molecule has 1 aromatic carbocycles. The zero-order chi connectivity index (χ0) is 14.6. The highest BCUT2D eigenvalue weighted by atomic mass is 16.4. The lowest BCUT2D eigenvalue weighted by Gasteiger charge is -2.12. The Balaban J connectivity index is 2.84. The zero-order valence-corrected chi connectivity index (χ0v) is 10.1. The van der Waals surface area contributed by atoms with Gasteiger partial charge in [0.25, 0.3) is 5.91 Å². The van der Waals surface area contributed by atoms with Crippen molar-refractivity contribution in [3.8, 4) is 5.75 Å². The lowest BCUT2D eigenvalue weighted by Crippen LogP contribution is -2.42. The summed E-state index contributed by atoms with van der Waals surface area (Å²) in [6.45, 7) is 1.64. The molecule has 0 saturated heterocycles. The van der Waals surface area contributed by atoms with E-state index in [0.29, 0.717) is 5.56 Å². The number of hydrogen-bond donors (Lipinski definition) is 4. The van der Waals surface area contributed by atoms with Gasteiger partial charge in [0.2, 0.25) is 0 Å². The largest absolute Gasteiger partial charge is 0.508 e. The summed E-state index contributed by atoms with van der Waals surface area (Å²) in [6.07, 6.45) is -0.723. The van der Waals surface area contributed by atoms with Gasteiger partial charge in [-0.2, -0.15) is 0 Å². The molecule has 4 N–H and O–H groups in total. The number of carbonyl (C=O) groups excluding carboxylic acids is 1. The molecule has 1 atom stereocenters. The van der Waals surface area contributed by atoms with Gasteiger partial charge in [0.1, 0.15) is 11.8 Å². The molecule has 0 spiro atoms. The second kappa shape index (κ2) is 5.85. The highest BCUT2D eigenvalue weighted by Gasteiger charge is 2.23. The number of carboxylic acids is 2. The van der Waals surface area contributed by atoms with Gasteiger partial charge >= 0.3 is 11.9 Å². The Kier molecular flexibility index (Phi) is 4.46. The van der Waals surface area contributed by atoms with Crippen LogP contribution >= 0.6 is 0 Å². The quantitative estimate of drug-likeness (QED) is 0.610. The first-order valence-electron chi connectivity index (χ1n) is 5.36. The molecule has 7 heteroatoms. The average Bonchev–Trinajstić information content (AvgIpc) is 2.31. The molecule has 0 unspecified atom stereocenters. The Morgan fingerprint density at radius 3 is 2.37 bits per heavy atom. The van der Waals surface area contributed by atoms with Crippen molar-refractivity contribution in [2.75, 3.05) is 0 Å². The van der Waals surface area contributed by atoms with Gasteiger partial charge in [-0.1, -0.05) is 6.07 Å². The first-order valence-corrected chi connectivity index (χ1v) is 5.36. The number of aryl methyl sites for hydroxylation is 1. The minimum Gasteiger partial charge on any atom is -0.508 e. The fourth-order valence-corrected chi connectivity index (χ4v) is 1.37. The van der Waals surface area contributed by atoms with Crippen LogP contribution in [0.3, 0.4) is 0 Å². The second-order valence-corrected chi connectivity index (χ2v) is 3.96. The van der Waals surface area contributed by atoms with Gasteiger partial charge < -0.3 is 20.6 Å². The molecule has 0 fully saturated rings. The molecule has 7 nitrogen and oxygen atoms in total. The lowest BCUT2D eigenvalue weighted by atomic mass is 10.1. The number of hydrogen-bond acceptors (Lipinski definition) is 4. The van der Waals surface area contributed by atoms with Crippen molar-refractivity contribution >= 4 is 17.8 Å². The van der Waals surface area contributed by atoms with Crippen molar-refractivity contribution in [3.05, 3.63) is 29.3 Å². The number of phenols is 1. The molecule has 1 amide bonds. The normalized spacial score (nSPS) is 11.6. The zero-order valence-electron chi connectivity index (χ0n) is 10.1.